The van der Waals surface area contributed by atoms with Gasteiger partial charge in [-0.3, -0.25) is 9.13 Å². The highest BCUT2D eigenvalue weighted by Crippen LogP contribution is 2.36. The van der Waals surface area contributed by atoms with Crippen molar-refractivity contribution in [3.8, 4) is 11.4 Å². The van der Waals surface area contributed by atoms with Crippen molar-refractivity contribution in [3.63, 3.8) is 0 Å². The lowest BCUT2D eigenvalue weighted by Gasteiger charge is -2.19. The predicted octanol–water partition coefficient (Wildman–Crippen LogP) is 7.91. The van der Waals surface area contributed by atoms with Crippen molar-refractivity contribution in [2.75, 3.05) is 0 Å². The lowest BCUT2D eigenvalue weighted by Crippen LogP contribution is -2.08. The van der Waals surface area contributed by atoms with Crippen LogP contribution in [0, 0.1) is 11.7 Å². The normalized spacial score (nSPS) is 11.5. The van der Waals surface area contributed by atoms with Gasteiger partial charge in [0.15, 0.2) is 4.77 Å². The number of aryl methyl sites for hydroxylation is 3. The number of thiol groups is 2. The van der Waals surface area contributed by atoms with Gasteiger partial charge in [-0.15, -0.1) is 25.3 Å². The maximum atomic E-state index is 6.09. The third-order valence-electron chi connectivity index (χ3n) is 5.59. The van der Waals surface area contributed by atoms with E-state index in [2.05, 4.69) is 80.2 Å². The molecule has 30 heavy (non-hydrogen) atoms. The Balaban J connectivity index is 2.39. The molecule has 0 aliphatic rings. The summed E-state index contributed by atoms with van der Waals surface area (Å²) in [5.74, 6) is 0.382. The first-order valence-corrected chi connectivity index (χ1v) is 12.1. The molecule has 0 aliphatic heterocycles. The Bertz CT molecular complexity index is 1110. The Morgan fingerprint density at radius 2 is 1.33 bits per heavy atom. The maximum absolute atomic E-state index is 6.09. The van der Waals surface area contributed by atoms with Crippen LogP contribution >= 0.6 is 37.5 Å². The molecule has 2 nitrogen and oxygen atoms in total. The summed E-state index contributed by atoms with van der Waals surface area (Å²) < 4.78 is 4.96. The van der Waals surface area contributed by atoms with Crippen molar-refractivity contribution in [3.05, 3.63) is 63.4 Å². The molecule has 1 heterocycles. The summed E-state index contributed by atoms with van der Waals surface area (Å²) >= 11 is 15.9. The molecule has 5 heteroatoms. The Morgan fingerprint density at radius 3 is 1.87 bits per heavy atom. The van der Waals surface area contributed by atoms with Crippen LogP contribution in [-0.2, 0) is 12.8 Å². The molecule has 1 aromatic heterocycles. The van der Waals surface area contributed by atoms with Crippen molar-refractivity contribution in [2.45, 2.75) is 76.3 Å². The van der Waals surface area contributed by atoms with Crippen LogP contribution in [0.4, 0.5) is 0 Å². The van der Waals surface area contributed by atoms with Crippen LogP contribution in [0.15, 0.2) is 46.5 Å². The van der Waals surface area contributed by atoms with Gasteiger partial charge in [0.2, 0.25) is 0 Å². The zero-order valence-corrected chi connectivity index (χ0v) is 21.2. The molecular formula is C25H32N2S3. The highest BCUT2D eigenvalue weighted by Gasteiger charge is 2.22. The van der Waals surface area contributed by atoms with E-state index in [-0.39, 0.29) is 0 Å². The lowest BCUT2D eigenvalue weighted by molar-refractivity contribution is 0.799. The van der Waals surface area contributed by atoms with Crippen molar-refractivity contribution < 1.29 is 0 Å². The van der Waals surface area contributed by atoms with Crippen molar-refractivity contribution in [2.24, 2.45) is 0 Å². The monoisotopic (exact) mass is 456 g/mol. The maximum Gasteiger partial charge on any atom is 0.191 e. The van der Waals surface area contributed by atoms with Crippen LogP contribution < -0.4 is 0 Å². The van der Waals surface area contributed by atoms with Crippen LogP contribution in [0.2, 0.25) is 0 Å². The van der Waals surface area contributed by atoms with E-state index in [9.17, 15) is 0 Å². The molecule has 160 valence electrons. The van der Waals surface area contributed by atoms with Crippen LogP contribution in [0.1, 0.15) is 68.7 Å². The van der Waals surface area contributed by atoms with Gasteiger partial charge in [-0.05, 0) is 60.2 Å². The second-order valence-corrected chi connectivity index (χ2v) is 9.41. The molecule has 0 N–H and O–H groups in total. The zero-order valence-electron chi connectivity index (χ0n) is 18.6. The molecule has 3 aromatic rings. The summed E-state index contributed by atoms with van der Waals surface area (Å²) in [6.07, 6.45) is 4.17. The third-order valence-corrected chi connectivity index (χ3v) is 6.95. The van der Waals surface area contributed by atoms with Gasteiger partial charge in [0, 0.05) is 0 Å². The molecule has 0 saturated heterocycles. The van der Waals surface area contributed by atoms with E-state index in [0.717, 1.165) is 46.2 Å². The molecule has 3 rings (SSSR count). The summed E-state index contributed by atoms with van der Waals surface area (Å²) in [5, 5.41) is 1.58. The summed E-state index contributed by atoms with van der Waals surface area (Å²) in [7, 11) is 0. The second-order valence-electron chi connectivity index (χ2n) is 8.19. The molecule has 0 aliphatic carbocycles. The lowest BCUT2D eigenvalue weighted by atomic mass is 9.95. The molecule has 0 fully saturated rings. The summed E-state index contributed by atoms with van der Waals surface area (Å²) in [6, 6.07) is 13.0. The number of hydrogen-bond acceptors (Lipinski definition) is 3. The second kappa shape index (κ2) is 9.80. The molecule has 0 bridgehead atoms. The van der Waals surface area contributed by atoms with Gasteiger partial charge in [0.05, 0.1) is 11.4 Å². The average Bonchev–Trinajstić information content (AvgIpc) is 2.91. The smallest absolute Gasteiger partial charge is 0.191 e. The molecule has 0 unspecified atom stereocenters. The standard InChI is InChI=1S/C25H32N2S3/c1-6-10-18-13-8-12-17(5)21(18)26-23(28)24(29)27(25(26)30)22-19(11-7-2)14-9-15-20(22)16(3)4/h8-9,12-16,28-29H,6-7,10-11H2,1-5H3. The molecule has 0 spiro atoms. The van der Waals surface area contributed by atoms with Gasteiger partial charge < -0.3 is 0 Å². The Morgan fingerprint density at radius 1 is 0.833 bits per heavy atom. The fourth-order valence-electron chi connectivity index (χ4n) is 4.22. The van der Waals surface area contributed by atoms with E-state index in [1.807, 2.05) is 0 Å². The number of para-hydroxylation sites is 2. The number of nitrogens with zero attached hydrogens (tertiary/aromatic N) is 2. The number of aromatic nitrogens is 2. The minimum Gasteiger partial charge on any atom is -0.278 e. The number of imidazole rings is 1. The molecular weight excluding hydrogens is 424 g/mol. The Kier molecular flexibility index (Phi) is 7.59. The Labute approximate surface area is 197 Å². The van der Waals surface area contributed by atoms with E-state index >= 15 is 0 Å². The van der Waals surface area contributed by atoms with Crippen molar-refractivity contribution in [1.82, 2.24) is 9.13 Å². The fourth-order valence-corrected chi connectivity index (χ4v) is 5.31. The zero-order chi connectivity index (χ0) is 22.0. The Hall–Kier alpha value is -1.43. The number of benzene rings is 2. The number of rotatable bonds is 7. The minimum atomic E-state index is 0.382. The van der Waals surface area contributed by atoms with Crippen LogP contribution in [0.25, 0.3) is 11.4 Å². The van der Waals surface area contributed by atoms with Crippen molar-refractivity contribution >= 4 is 37.5 Å². The SMILES string of the molecule is CCCc1cccc(C)c1-n1c(S)c(S)n(-c2c(CCC)cccc2C(C)C)c1=S. The predicted molar refractivity (Wildman–Crippen MR) is 137 cm³/mol. The van der Waals surface area contributed by atoms with E-state index in [0.29, 0.717) is 5.92 Å². The summed E-state index contributed by atoms with van der Waals surface area (Å²) in [5.41, 5.74) is 7.39. The first-order chi connectivity index (χ1) is 14.3. The van der Waals surface area contributed by atoms with Gasteiger partial charge in [-0.2, -0.15) is 0 Å². The van der Waals surface area contributed by atoms with Gasteiger partial charge in [-0.25, -0.2) is 0 Å². The topological polar surface area (TPSA) is 9.86 Å². The largest absolute Gasteiger partial charge is 0.278 e. The molecule has 0 saturated carbocycles. The van der Waals surface area contributed by atoms with E-state index in [1.54, 1.807) is 0 Å². The van der Waals surface area contributed by atoms with Gasteiger partial charge in [-0.1, -0.05) is 76.9 Å². The highest BCUT2D eigenvalue weighted by atomic mass is 32.1. The van der Waals surface area contributed by atoms with Crippen LogP contribution in [-0.4, -0.2) is 9.13 Å². The van der Waals surface area contributed by atoms with Gasteiger partial charge >= 0.3 is 0 Å². The van der Waals surface area contributed by atoms with E-state index in [4.69, 9.17) is 37.5 Å². The fraction of sp³-hybridized carbons (Fsp3) is 0.400. The van der Waals surface area contributed by atoms with Crippen LogP contribution in [0.5, 0.6) is 0 Å². The average molecular weight is 457 g/mol. The first kappa shape index (κ1) is 23.2. The third kappa shape index (κ3) is 4.17. The molecule has 2 aromatic carbocycles. The summed E-state index contributed by atoms with van der Waals surface area (Å²) in [6.45, 7) is 11.0. The molecule has 0 atom stereocenters. The van der Waals surface area contributed by atoms with Crippen LogP contribution in [0.3, 0.4) is 0 Å². The van der Waals surface area contributed by atoms with E-state index < -0.39 is 0 Å². The quantitative estimate of drug-likeness (QED) is 0.271. The highest BCUT2D eigenvalue weighted by molar-refractivity contribution is 7.83. The number of hydrogen-bond donors (Lipinski definition) is 2. The first-order valence-electron chi connectivity index (χ1n) is 10.8. The summed E-state index contributed by atoms with van der Waals surface area (Å²) in [4.78, 5) is 0. The molecule has 0 radical (unpaired) electrons. The van der Waals surface area contributed by atoms with E-state index in [1.165, 1.54) is 27.9 Å². The van der Waals surface area contributed by atoms with Gasteiger partial charge in [0.1, 0.15) is 10.1 Å². The molecule has 0 amide bonds. The van der Waals surface area contributed by atoms with Gasteiger partial charge in [0.25, 0.3) is 0 Å². The minimum absolute atomic E-state index is 0.382. The van der Waals surface area contributed by atoms with Crippen molar-refractivity contribution in [1.29, 1.82) is 0 Å².